The van der Waals surface area contributed by atoms with Gasteiger partial charge < -0.3 is 5.32 Å². The normalized spacial score (nSPS) is 10.2. The smallest absolute Gasteiger partial charge is 0.268 e. The lowest BCUT2D eigenvalue weighted by Crippen LogP contribution is -2.28. The second-order valence-corrected chi connectivity index (χ2v) is 4.56. The maximum Gasteiger partial charge on any atom is 0.268 e. The van der Waals surface area contributed by atoms with Gasteiger partial charge in [-0.15, -0.1) is 0 Å². The lowest BCUT2D eigenvalue weighted by molar-refractivity contribution is -0.116. The predicted octanol–water partition coefficient (Wildman–Crippen LogP) is 1.78. The Hall–Kier alpha value is -2.02. The molecule has 0 spiro atoms. The molecule has 0 atom stereocenters. The number of halogens is 2. The molecule has 19 heavy (non-hydrogen) atoms. The van der Waals surface area contributed by atoms with Gasteiger partial charge in [0.2, 0.25) is 5.91 Å². The van der Waals surface area contributed by atoms with Crippen LogP contribution in [0, 0.1) is 5.82 Å². The summed E-state index contributed by atoms with van der Waals surface area (Å²) in [5, 5.41) is 2.39. The van der Waals surface area contributed by atoms with Gasteiger partial charge in [0.1, 0.15) is 16.8 Å². The molecule has 0 saturated heterocycles. The number of nitrogens with one attached hydrogen (secondary N) is 1. The van der Waals surface area contributed by atoms with Crippen LogP contribution in [0.4, 0.5) is 10.1 Å². The topological polar surface area (TPSA) is 64.0 Å². The Balaban J connectivity index is 2.12. The number of para-hydroxylation sites is 1. The Labute approximate surface area is 116 Å². The van der Waals surface area contributed by atoms with Crippen LogP contribution in [0.1, 0.15) is 0 Å². The van der Waals surface area contributed by atoms with E-state index in [4.69, 9.17) is 0 Å². The Morgan fingerprint density at radius 2 is 2.16 bits per heavy atom. The number of hydrogen-bond acceptors (Lipinski definition) is 3. The molecule has 5 nitrogen and oxygen atoms in total. The van der Waals surface area contributed by atoms with Crippen molar-refractivity contribution in [3.05, 3.63) is 57.4 Å². The molecule has 0 aliphatic heterocycles. The molecular weight excluding hydrogens is 317 g/mol. The first-order valence-corrected chi connectivity index (χ1v) is 6.11. The van der Waals surface area contributed by atoms with E-state index in [0.717, 1.165) is 4.57 Å². The van der Waals surface area contributed by atoms with Crippen LogP contribution in [0.25, 0.3) is 0 Å². The molecule has 0 radical (unpaired) electrons. The second kappa shape index (κ2) is 5.75. The van der Waals surface area contributed by atoms with E-state index in [1.54, 1.807) is 6.07 Å². The van der Waals surface area contributed by atoms with E-state index in [0.29, 0.717) is 0 Å². The summed E-state index contributed by atoms with van der Waals surface area (Å²) in [6, 6.07) is 5.80. The summed E-state index contributed by atoms with van der Waals surface area (Å²) >= 11 is 3.03. The van der Waals surface area contributed by atoms with Crippen LogP contribution in [-0.4, -0.2) is 15.5 Å². The van der Waals surface area contributed by atoms with E-state index in [1.165, 1.54) is 30.7 Å². The first kappa shape index (κ1) is 13.4. The molecule has 0 aliphatic carbocycles. The molecule has 0 unspecified atom stereocenters. The van der Waals surface area contributed by atoms with Crippen molar-refractivity contribution in [1.29, 1.82) is 0 Å². The number of rotatable bonds is 3. The monoisotopic (exact) mass is 325 g/mol. The van der Waals surface area contributed by atoms with E-state index in [1.807, 2.05) is 0 Å². The van der Waals surface area contributed by atoms with E-state index in [-0.39, 0.29) is 22.3 Å². The molecule has 98 valence electrons. The molecule has 1 amide bonds. The van der Waals surface area contributed by atoms with Crippen LogP contribution >= 0.6 is 15.9 Å². The second-order valence-electron chi connectivity index (χ2n) is 3.70. The summed E-state index contributed by atoms with van der Waals surface area (Å²) in [7, 11) is 0. The largest absolute Gasteiger partial charge is 0.322 e. The lowest BCUT2D eigenvalue weighted by atomic mass is 10.3. The molecule has 2 rings (SSSR count). The van der Waals surface area contributed by atoms with Crippen LogP contribution < -0.4 is 10.9 Å². The molecule has 1 N–H and O–H groups in total. The van der Waals surface area contributed by atoms with Gasteiger partial charge in [0.15, 0.2) is 0 Å². The zero-order valence-corrected chi connectivity index (χ0v) is 11.2. The number of nitrogens with zero attached hydrogens (tertiary/aromatic N) is 2. The summed E-state index contributed by atoms with van der Waals surface area (Å²) in [4.78, 5) is 27.1. The fraction of sp³-hybridized carbons (Fsp3) is 0.0833. The Morgan fingerprint density at radius 1 is 1.42 bits per heavy atom. The minimum atomic E-state index is -0.532. The van der Waals surface area contributed by atoms with Crippen LogP contribution in [-0.2, 0) is 11.3 Å². The van der Waals surface area contributed by atoms with Crippen LogP contribution in [0.15, 0.2) is 46.1 Å². The highest BCUT2D eigenvalue weighted by Crippen LogP contribution is 2.12. The van der Waals surface area contributed by atoms with Gasteiger partial charge in [-0.3, -0.25) is 14.2 Å². The fourth-order valence-corrected chi connectivity index (χ4v) is 1.79. The van der Waals surface area contributed by atoms with Crippen molar-refractivity contribution in [3.8, 4) is 0 Å². The van der Waals surface area contributed by atoms with Crippen molar-refractivity contribution in [2.45, 2.75) is 6.54 Å². The van der Waals surface area contributed by atoms with Crippen molar-refractivity contribution in [2.24, 2.45) is 0 Å². The summed E-state index contributed by atoms with van der Waals surface area (Å²) in [5.41, 5.74) is -0.304. The summed E-state index contributed by atoms with van der Waals surface area (Å²) in [6.45, 7) is -0.237. The minimum Gasteiger partial charge on any atom is -0.322 e. The van der Waals surface area contributed by atoms with E-state index in [2.05, 4.69) is 26.2 Å². The van der Waals surface area contributed by atoms with Crippen molar-refractivity contribution < 1.29 is 9.18 Å². The molecule has 1 aromatic carbocycles. The third kappa shape index (κ3) is 3.25. The van der Waals surface area contributed by atoms with E-state index < -0.39 is 11.7 Å². The molecule has 0 bridgehead atoms. The van der Waals surface area contributed by atoms with Gasteiger partial charge in [0.25, 0.3) is 5.56 Å². The first-order valence-electron chi connectivity index (χ1n) is 5.32. The van der Waals surface area contributed by atoms with E-state index in [9.17, 15) is 14.0 Å². The van der Waals surface area contributed by atoms with Crippen molar-refractivity contribution in [2.75, 3.05) is 5.32 Å². The molecule has 0 aliphatic rings. The summed E-state index contributed by atoms with van der Waals surface area (Å²) in [6.07, 6.45) is 2.58. The van der Waals surface area contributed by atoms with Gasteiger partial charge >= 0.3 is 0 Å². The van der Waals surface area contributed by atoms with Crippen LogP contribution in [0.5, 0.6) is 0 Å². The van der Waals surface area contributed by atoms with Gasteiger partial charge in [-0.25, -0.2) is 9.37 Å². The van der Waals surface area contributed by atoms with Gasteiger partial charge in [-0.2, -0.15) is 0 Å². The highest BCUT2D eigenvalue weighted by Gasteiger charge is 2.09. The Kier molecular flexibility index (Phi) is 4.06. The minimum absolute atomic E-state index is 0.0727. The standard InChI is InChI=1S/C12H9BrFN3O2/c13-8-5-15-7-17(12(8)19)6-11(18)16-10-4-2-1-3-9(10)14/h1-5,7H,6H2,(H,16,18). The maximum atomic E-state index is 13.3. The van der Waals surface area contributed by atoms with Crippen LogP contribution in [0.3, 0.4) is 0 Å². The number of hydrogen-bond donors (Lipinski definition) is 1. The number of aromatic nitrogens is 2. The zero-order chi connectivity index (χ0) is 13.8. The number of benzene rings is 1. The quantitative estimate of drug-likeness (QED) is 0.935. The summed E-state index contributed by atoms with van der Waals surface area (Å²) < 4.78 is 14.7. The third-order valence-corrected chi connectivity index (χ3v) is 2.86. The Morgan fingerprint density at radius 3 is 2.89 bits per heavy atom. The lowest BCUT2D eigenvalue weighted by Gasteiger charge is -2.07. The molecule has 0 fully saturated rings. The molecule has 7 heteroatoms. The number of carbonyl (C=O) groups excluding carboxylic acids is 1. The molecular formula is C12H9BrFN3O2. The Bertz CT molecular complexity index is 672. The van der Waals surface area contributed by atoms with Gasteiger partial charge in [-0.05, 0) is 28.1 Å². The zero-order valence-electron chi connectivity index (χ0n) is 9.64. The molecule has 2 aromatic rings. The number of carbonyl (C=O) groups is 1. The maximum absolute atomic E-state index is 13.3. The van der Waals surface area contributed by atoms with Crippen LogP contribution in [0.2, 0.25) is 0 Å². The summed E-state index contributed by atoms with van der Waals surface area (Å²) in [5.74, 6) is -1.04. The average molecular weight is 326 g/mol. The first-order chi connectivity index (χ1) is 9.08. The van der Waals surface area contributed by atoms with Crippen molar-refractivity contribution >= 4 is 27.5 Å². The van der Waals surface area contributed by atoms with Crippen molar-refractivity contribution in [3.63, 3.8) is 0 Å². The highest BCUT2D eigenvalue weighted by atomic mass is 79.9. The number of anilines is 1. The number of amides is 1. The fourth-order valence-electron chi connectivity index (χ4n) is 1.44. The van der Waals surface area contributed by atoms with Crippen molar-refractivity contribution in [1.82, 2.24) is 9.55 Å². The predicted molar refractivity (Wildman–Crippen MR) is 71.2 cm³/mol. The van der Waals surface area contributed by atoms with Gasteiger partial charge in [0, 0.05) is 6.20 Å². The van der Waals surface area contributed by atoms with Gasteiger partial charge in [-0.1, -0.05) is 12.1 Å². The molecule has 0 saturated carbocycles. The van der Waals surface area contributed by atoms with Gasteiger partial charge in [0.05, 0.1) is 12.0 Å². The van der Waals surface area contributed by atoms with E-state index >= 15 is 0 Å². The molecule has 1 aromatic heterocycles. The third-order valence-electron chi connectivity index (χ3n) is 2.32. The SMILES string of the molecule is O=C(Cn1cncc(Br)c1=O)Nc1ccccc1F. The molecule has 1 heterocycles. The highest BCUT2D eigenvalue weighted by molar-refractivity contribution is 9.10. The average Bonchev–Trinajstić information content (AvgIpc) is 2.38.